The van der Waals surface area contributed by atoms with Crippen LogP contribution in [0.5, 0.6) is 5.75 Å². The molecule has 0 spiro atoms. The van der Waals surface area contributed by atoms with E-state index in [0.29, 0.717) is 0 Å². The van der Waals surface area contributed by atoms with Crippen molar-refractivity contribution in [2.24, 2.45) is 0 Å². The first kappa shape index (κ1) is 18.4. The van der Waals surface area contributed by atoms with Crippen molar-refractivity contribution in [3.8, 4) is 5.75 Å². The van der Waals surface area contributed by atoms with Gasteiger partial charge in [0.1, 0.15) is 17.7 Å². The summed E-state index contributed by atoms with van der Waals surface area (Å²) in [6.45, 7) is 6.02. The third-order valence-electron chi connectivity index (χ3n) is 4.83. The van der Waals surface area contributed by atoms with E-state index < -0.39 is 5.82 Å². The summed E-state index contributed by atoms with van der Waals surface area (Å²) >= 11 is 0. The molecule has 1 N–H and O–H groups in total. The lowest BCUT2D eigenvalue weighted by molar-refractivity contribution is -0.117. The summed E-state index contributed by atoms with van der Waals surface area (Å²) in [4.78, 5) is 14.2. The standard InChI is InChI=1S/C21H25FN2O2/c1-15-7-8-18(13-16(15)2)26-17-9-11-24(12-10-17)14-21(25)23-20-6-4-3-5-19(20)22/h3-8,13,17H,9-12,14H2,1-2H3,(H,23,25). The first-order chi connectivity index (χ1) is 12.5. The number of carbonyl (C=O) groups excluding carboxylic acids is 1. The van der Waals surface area contributed by atoms with E-state index in [1.165, 1.54) is 17.2 Å². The van der Waals surface area contributed by atoms with Gasteiger partial charge in [-0.15, -0.1) is 0 Å². The fourth-order valence-corrected chi connectivity index (χ4v) is 3.12. The van der Waals surface area contributed by atoms with E-state index in [2.05, 4.69) is 36.2 Å². The van der Waals surface area contributed by atoms with E-state index in [0.717, 1.165) is 31.7 Å². The molecule has 1 aliphatic heterocycles. The molecule has 0 bridgehead atoms. The molecule has 2 aromatic rings. The summed E-state index contributed by atoms with van der Waals surface area (Å²) < 4.78 is 19.7. The number of rotatable bonds is 5. The van der Waals surface area contributed by atoms with Crippen molar-refractivity contribution < 1.29 is 13.9 Å². The number of amides is 1. The summed E-state index contributed by atoms with van der Waals surface area (Å²) in [5.41, 5.74) is 2.71. The number of para-hydroxylation sites is 1. The smallest absolute Gasteiger partial charge is 0.238 e. The van der Waals surface area contributed by atoms with Gasteiger partial charge in [-0.05, 0) is 62.1 Å². The van der Waals surface area contributed by atoms with Crippen LogP contribution in [-0.2, 0) is 4.79 Å². The molecule has 1 fully saturated rings. The lowest BCUT2D eigenvalue weighted by atomic mass is 10.1. The van der Waals surface area contributed by atoms with Gasteiger partial charge in [-0.3, -0.25) is 9.69 Å². The molecule has 1 amide bonds. The van der Waals surface area contributed by atoms with Crippen molar-refractivity contribution in [1.82, 2.24) is 4.90 Å². The number of likely N-dealkylation sites (tertiary alicyclic amines) is 1. The monoisotopic (exact) mass is 356 g/mol. The maximum atomic E-state index is 13.6. The highest BCUT2D eigenvalue weighted by molar-refractivity contribution is 5.92. The van der Waals surface area contributed by atoms with E-state index in [4.69, 9.17) is 4.74 Å². The Kier molecular flexibility index (Phi) is 5.89. The van der Waals surface area contributed by atoms with Crippen molar-refractivity contribution in [3.05, 3.63) is 59.4 Å². The fourth-order valence-electron chi connectivity index (χ4n) is 3.12. The molecule has 1 aliphatic rings. The zero-order valence-corrected chi connectivity index (χ0v) is 15.3. The number of benzene rings is 2. The molecule has 4 nitrogen and oxygen atoms in total. The van der Waals surface area contributed by atoms with Crippen LogP contribution >= 0.6 is 0 Å². The molecular weight excluding hydrogens is 331 g/mol. The summed E-state index contributed by atoms with van der Waals surface area (Å²) in [5.74, 6) is 0.300. The van der Waals surface area contributed by atoms with Crippen LogP contribution in [0.1, 0.15) is 24.0 Å². The maximum absolute atomic E-state index is 13.6. The lowest BCUT2D eigenvalue weighted by Crippen LogP contribution is -2.42. The second kappa shape index (κ2) is 8.32. The predicted molar refractivity (Wildman–Crippen MR) is 101 cm³/mol. The van der Waals surface area contributed by atoms with E-state index in [-0.39, 0.29) is 24.2 Å². The number of piperidine rings is 1. The van der Waals surface area contributed by atoms with Crippen molar-refractivity contribution >= 4 is 11.6 Å². The zero-order chi connectivity index (χ0) is 18.5. The average Bonchev–Trinajstić information content (AvgIpc) is 2.62. The average molecular weight is 356 g/mol. The van der Waals surface area contributed by atoms with Crippen LogP contribution in [-0.4, -0.2) is 36.5 Å². The molecule has 0 saturated carbocycles. The van der Waals surface area contributed by atoms with Gasteiger partial charge in [-0.1, -0.05) is 18.2 Å². The summed E-state index contributed by atoms with van der Waals surface area (Å²) in [7, 11) is 0. The molecule has 2 aromatic carbocycles. The number of aryl methyl sites for hydroxylation is 2. The van der Waals surface area contributed by atoms with Crippen LogP contribution in [0.25, 0.3) is 0 Å². The molecule has 0 radical (unpaired) electrons. The van der Waals surface area contributed by atoms with Gasteiger partial charge < -0.3 is 10.1 Å². The van der Waals surface area contributed by atoms with Gasteiger partial charge in [-0.2, -0.15) is 0 Å². The number of ether oxygens (including phenoxy) is 1. The topological polar surface area (TPSA) is 41.6 Å². The van der Waals surface area contributed by atoms with Crippen molar-refractivity contribution in [1.29, 1.82) is 0 Å². The second-order valence-corrected chi connectivity index (χ2v) is 6.87. The van der Waals surface area contributed by atoms with E-state index in [1.54, 1.807) is 18.2 Å². The van der Waals surface area contributed by atoms with Gasteiger partial charge in [0.2, 0.25) is 5.91 Å². The predicted octanol–water partition coefficient (Wildman–Crippen LogP) is 3.92. The molecule has 0 unspecified atom stereocenters. The number of nitrogens with zero attached hydrogens (tertiary/aromatic N) is 1. The number of anilines is 1. The summed E-state index contributed by atoms with van der Waals surface area (Å²) in [6, 6.07) is 12.4. The Labute approximate surface area is 154 Å². The molecule has 26 heavy (non-hydrogen) atoms. The third kappa shape index (κ3) is 4.82. The van der Waals surface area contributed by atoms with E-state index in [9.17, 15) is 9.18 Å². The molecule has 3 rings (SSSR count). The molecule has 5 heteroatoms. The normalized spacial score (nSPS) is 15.7. The Morgan fingerprint density at radius 2 is 1.88 bits per heavy atom. The second-order valence-electron chi connectivity index (χ2n) is 6.87. The highest BCUT2D eigenvalue weighted by Crippen LogP contribution is 2.22. The Bertz CT molecular complexity index is 770. The first-order valence-corrected chi connectivity index (χ1v) is 9.02. The summed E-state index contributed by atoms with van der Waals surface area (Å²) in [5, 5.41) is 2.63. The van der Waals surface area contributed by atoms with Gasteiger partial charge in [0.15, 0.2) is 0 Å². The molecule has 1 heterocycles. The van der Waals surface area contributed by atoms with Crippen LogP contribution in [0.2, 0.25) is 0 Å². The Balaban J connectivity index is 1.45. The lowest BCUT2D eigenvalue weighted by Gasteiger charge is -2.31. The minimum atomic E-state index is -0.415. The first-order valence-electron chi connectivity index (χ1n) is 9.02. The van der Waals surface area contributed by atoms with Crippen LogP contribution in [0.3, 0.4) is 0 Å². The van der Waals surface area contributed by atoms with Gasteiger partial charge in [-0.25, -0.2) is 4.39 Å². The van der Waals surface area contributed by atoms with Gasteiger partial charge in [0, 0.05) is 13.1 Å². The molecular formula is C21H25FN2O2. The number of carbonyl (C=O) groups is 1. The SMILES string of the molecule is Cc1ccc(OC2CCN(CC(=O)Nc3ccccc3F)CC2)cc1C. The van der Waals surface area contributed by atoms with Gasteiger partial charge in [0.05, 0.1) is 12.2 Å². The number of hydrogen-bond donors (Lipinski definition) is 1. The quantitative estimate of drug-likeness (QED) is 0.883. The van der Waals surface area contributed by atoms with Crippen molar-refractivity contribution in [3.63, 3.8) is 0 Å². The number of hydrogen-bond acceptors (Lipinski definition) is 3. The molecule has 0 atom stereocenters. The Hall–Kier alpha value is -2.40. The maximum Gasteiger partial charge on any atom is 0.238 e. The van der Waals surface area contributed by atoms with Crippen LogP contribution < -0.4 is 10.1 Å². The van der Waals surface area contributed by atoms with Crippen LogP contribution in [0.15, 0.2) is 42.5 Å². The van der Waals surface area contributed by atoms with Gasteiger partial charge in [0.25, 0.3) is 0 Å². The van der Waals surface area contributed by atoms with Crippen LogP contribution in [0, 0.1) is 19.7 Å². The molecule has 0 aliphatic carbocycles. The van der Waals surface area contributed by atoms with Crippen molar-refractivity contribution in [2.45, 2.75) is 32.8 Å². The minimum Gasteiger partial charge on any atom is -0.490 e. The Morgan fingerprint density at radius 1 is 1.15 bits per heavy atom. The Morgan fingerprint density at radius 3 is 2.58 bits per heavy atom. The number of nitrogens with one attached hydrogen (secondary N) is 1. The van der Waals surface area contributed by atoms with E-state index >= 15 is 0 Å². The third-order valence-corrected chi connectivity index (χ3v) is 4.83. The molecule has 138 valence electrons. The summed E-state index contributed by atoms with van der Waals surface area (Å²) in [6.07, 6.45) is 1.92. The largest absolute Gasteiger partial charge is 0.490 e. The van der Waals surface area contributed by atoms with Gasteiger partial charge >= 0.3 is 0 Å². The zero-order valence-electron chi connectivity index (χ0n) is 15.3. The highest BCUT2D eigenvalue weighted by Gasteiger charge is 2.22. The molecule has 0 aromatic heterocycles. The van der Waals surface area contributed by atoms with Crippen LogP contribution in [0.4, 0.5) is 10.1 Å². The fraction of sp³-hybridized carbons (Fsp3) is 0.381. The molecule has 1 saturated heterocycles. The van der Waals surface area contributed by atoms with E-state index in [1.807, 2.05) is 6.07 Å². The van der Waals surface area contributed by atoms with Crippen molar-refractivity contribution in [2.75, 3.05) is 25.0 Å². The highest BCUT2D eigenvalue weighted by atomic mass is 19.1. The number of halogens is 1. The minimum absolute atomic E-state index is 0.169.